The molecule has 0 spiro atoms. The van der Waals surface area contributed by atoms with Crippen molar-refractivity contribution in [3.05, 3.63) is 100 Å². The molecule has 0 aliphatic heterocycles. The first-order valence-corrected chi connectivity index (χ1v) is 18.7. The molecule has 1 aliphatic carbocycles. The number of nitrogens with zero attached hydrogens (tertiary/aromatic N) is 2. The predicted octanol–water partition coefficient (Wildman–Crippen LogP) is 10.3. The third-order valence-electron chi connectivity index (χ3n) is 10.4. The molecule has 0 atom stereocenters. The molecule has 1 saturated carbocycles. The maximum Gasteiger partial charge on any atom is 0.397 e. The van der Waals surface area contributed by atoms with Gasteiger partial charge in [0.05, 0.1) is 17.5 Å². The van der Waals surface area contributed by atoms with Crippen LogP contribution in [0.25, 0.3) is 22.7 Å². The van der Waals surface area contributed by atoms with E-state index in [4.69, 9.17) is 8.84 Å². The van der Waals surface area contributed by atoms with E-state index in [0.29, 0.717) is 45.9 Å². The van der Waals surface area contributed by atoms with Gasteiger partial charge in [-0.25, -0.2) is 4.98 Å². The van der Waals surface area contributed by atoms with Gasteiger partial charge in [-0.05, 0) is 66.1 Å². The molecule has 5 rings (SSSR count). The monoisotopic (exact) mass is 664 g/mol. The van der Waals surface area contributed by atoms with Gasteiger partial charge in [0.1, 0.15) is 12.0 Å². The fourth-order valence-electron chi connectivity index (χ4n) is 7.17. The lowest BCUT2D eigenvalue weighted by molar-refractivity contribution is -0.180. The number of pyridine rings is 1. The summed E-state index contributed by atoms with van der Waals surface area (Å²) < 4.78 is 54.9. The van der Waals surface area contributed by atoms with E-state index in [-0.39, 0.29) is 16.5 Å². The van der Waals surface area contributed by atoms with Crippen LogP contribution in [-0.4, -0.2) is 30.7 Å². The van der Waals surface area contributed by atoms with Gasteiger partial charge in [-0.15, -0.1) is 0 Å². The lowest BCUT2D eigenvalue weighted by Gasteiger charge is -2.43. The first-order chi connectivity index (χ1) is 22.0. The third-order valence-corrected chi connectivity index (χ3v) is 16.5. The molecule has 47 heavy (non-hydrogen) atoms. The van der Waals surface area contributed by atoms with Gasteiger partial charge in [0, 0.05) is 29.8 Å². The maximum atomic E-state index is 13.5. The highest BCUT2D eigenvalue weighted by Gasteiger charge is 2.51. The summed E-state index contributed by atoms with van der Waals surface area (Å²) in [6.45, 7) is 17.4. The van der Waals surface area contributed by atoms with Crippen LogP contribution in [0.4, 0.5) is 13.2 Å². The van der Waals surface area contributed by atoms with E-state index in [1.165, 1.54) is 43.9 Å². The smallest absolute Gasteiger partial charge is 0.397 e. The van der Waals surface area contributed by atoms with Gasteiger partial charge in [0.15, 0.2) is 8.32 Å². The van der Waals surface area contributed by atoms with Gasteiger partial charge in [0.25, 0.3) is 5.56 Å². The molecule has 0 radical (unpaired) electrons. The molecule has 2 aromatic heterocycles. The fourth-order valence-corrected chi connectivity index (χ4v) is 12.7. The number of halogens is 3. The Kier molecular flexibility index (Phi) is 9.56. The van der Waals surface area contributed by atoms with Gasteiger partial charge in [-0.3, -0.25) is 4.79 Å². The molecule has 0 N–H and O–H groups in total. The first-order valence-electron chi connectivity index (χ1n) is 16.6. The Morgan fingerprint density at radius 2 is 1.53 bits per heavy atom. The van der Waals surface area contributed by atoms with Crippen LogP contribution >= 0.6 is 0 Å². The number of hydrogen-bond donors (Lipinski definition) is 0. The zero-order chi connectivity index (χ0) is 34.4. The number of rotatable bonds is 12. The lowest BCUT2D eigenvalue weighted by atomic mass is 9.83. The van der Waals surface area contributed by atoms with E-state index >= 15 is 0 Å². The second kappa shape index (κ2) is 12.9. The molecule has 0 amide bonds. The Labute approximate surface area is 277 Å². The molecule has 2 aromatic carbocycles. The van der Waals surface area contributed by atoms with E-state index in [0.717, 1.165) is 25.0 Å². The van der Waals surface area contributed by atoms with E-state index in [2.05, 4.69) is 64.7 Å². The van der Waals surface area contributed by atoms with Gasteiger partial charge in [0.2, 0.25) is 5.89 Å². The molecule has 2 heterocycles. The van der Waals surface area contributed by atoms with E-state index in [9.17, 15) is 18.0 Å². The van der Waals surface area contributed by atoms with Crippen LogP contribution in [0.5, 0.6) is 0 Å². The summed E-state index contributed by atoms with van der Waals surface area (Å²) in [5, 5.41) is 0. The van der Waals surface area contributed by atoms with Crippen molar-refractivity contribution in [1.29, 1.82) is 0 Å². The van der Waals surface area contributed by atoms with Crippen molar-refractivity contribution in [2.75, 3.05) is 6.61 Å². The maximum absolute atomic E-state index is 13.5. The molecule has 4 aromatic rings. The van der Waals surface area contributed by atoms with Crippen molar-refractivity contribution in [2.45, 2.75) is 108 Å². The van der Waals surface area contributed by atoms with Gasteiger partial charge >= 0.3 is 6.18 Å². The second-order valence-corrected chi connectivity index (χ2v) is 20.2. The number of aromatic nitrogens is 2. The molecule has 9 heteroatoms. The Morgan fingerprint density at radius 1 is 0.915 bits per heavy atom. The molecule has 1 fully saturated rings. The Hall–Kier alpha value is -3.43. The summed E-state index contributed by atoms with van der Waals surface area (Å²) >= 11 is 0. The van der Waals surface area contributed by atoms with Crippen LogP contribution in [0.2, 0.25) is 16.6 Å². The minimum Gasteiger partial charge on any atom is -0.444 e. The van der Waals surface area contributed by atoms with Gasteiger partial charge in [-0.2, -0.15) is 13.2 Å². The largest absolute Gasteiger partial charge is 0.444 e. The SMILES string of the molecule is CC(C)[Si](OCC1(c2cccc(Cn3cc(-c4nc(-c5ccc(C(C)(C)C(F)(F)F)cc5)co4)ccc3=O)c2)CC1)(C(C)C)C(C)C. The minimum atomic E-state index is -4.36. The summed E-state index contributed by atoms with van der Waals surface area (Å²) in [7, 11) is -1.99. The molecular formula is C38H47F3N2O3Si. The van der Waals surface area contributed by atoms with Crippen LogP contribution < -0.4 is 5.56 Å². The summed E-state index contributed by atoms with van der Waals surface area (Å²) in [5.74, 6) is 0.324. The summed E-state index contributed by atoms with van der Waals surface area (Å²) in [4.78, 5) is 17.5. The fraction of sp³-hybridized carbons (Fsp3) is 0.474. The molecule has 1 aliphatic rings. The summed E-state index contributed by atoms with van der Waals surface area (Å²) in [6, 6.07) is 17.9. The van der Waals surface area contributed by atoms with Crippen LogP contribution in [0.15, 0.2) is 82.3 Å². The van der Waals surface area contributed by atoms with Gasteiger partial charge < -0.3 is 13.4 Å². The Morgan fingerprint density at radius 3 is 2.11 bits per heavy atom. The second-order valence-electron chi connectivity index (χ2n) is 14.7. The summed E-state index contributed by atoms with van der Waals surface area (Å²) in [6.07, 6.45) is 1.05. The molecule has 0 unspecified atom stereocenters. The molecular weight excluding hydrogens is 618 g/mol. The van der Waals surface area contributed by atoms with Crippen LogP contribution in [0.1, 0.15) is 84.9 Å². The standard InChI is InChI=1S/C38H47F3N2O3Si/c1-25(2)47(26(3)4,27(5)6)46-24-37(18-19-37)32-11-9-10-28(20-32)21-43-22-30(14-17-34(43)44)35-42-33(23-45-35)29-12-15-31(16-13-29)36(7,8)38(39,40)41/h9-17,20,22-23,25-27H,18-19,21,24H2,1-8H3. The Bertz CT molecular complexity index is 1730. The molecule has 0 saturated heterocycles. The van der Waals surface area contributed by atoms with E-state index in [1.807, 2.05) is 6.07 Å². The van der Waals surface area contributed by atoms with Gasteiger partial charge in [-0.1, -0.05) is 90.1 Å². The number of alkyl halides is 3. The van der Waals surface area contributed by atoms with Crippen molar-refractivity contribution in [1.82, 2.24) is 9.55 Å². The highest BCUT2D eigenvalue weighted by Crippen LogP contribution is 2.51. The lowest BCUT2D eigenvalue weighted by Crippen LogP contribution is -2.49. The zero-order valence-corrected chi connectivity index (χ0v) is 29.7. The predicted molar refractivity (Wildman–Crippen MR) is 184 cm³/mol. The van der Waals surface area contributed by atoms with Crippen LogP contribution in [0.3, 0.4) is 0 Å². The van der Waals surface area contributed by atoms with Crippen LogP contribution in [-0.2, 0) is 21.8 Å². The average Bonchev–Trinajstić information content (AvgIpc) is 3.64. The third kappa shape index (κ3) is 6.79. The van der Waals surface area contributed by atoms with E-state index in [1.54, 1.807) is 29.0 Å². The summed E-state index contributed by atoms with van der Waals surface area (Å²) in [5.41, 5.74) is 3.73. The molecule has 5 nitrogen and oxygen atoms in total. The normalized spacial score (nSPS) is 15.2. The topological polar surface area (TPSA) is 57.3 Å². The van der Waals surface area contributed by atoms with Crippen LogP contribution in [0, 0.1) is 0 Å². The number of benzene rings is 2. The minimum absolute atomic E-state index is 0.0227. The first kappa shape index (κ1) is 34.9. The van der Waals surface area contributed by atoms with Crippen molar-refractivity contribution in [3.8, 4) is 22.7 Å². The molecule has 0 bridgehead atoms. The molecule has 252 valence electrons. The Balaban J connectivity index is 1.33. The quantitative estimate of drug-likeness (QED) is 0.141. The van der Waals surface area contributed by atoms with Crippen molar-refractivity contribution in [3.63, 3.8) is 0 Å². The highest BCUT2D eigenvalue weighted by molar-refractivity contribution is 6.77. The van der Waals surface area contributed by atoms with Crippen molar-refractivity contribution in [2.24, 2.45) is 0 Å². The van der Waals surface area contributed by atoms with Crippen molar-refractivity contribution >= 4 is 8.32 Å². The van der Waals surface area contributed by atoms with Crippen molar-refractivity contribution < 1.29 is 22.0 Å². The number of oxazole rings is 1. The highest BCUT2D eigenvalue weighted by atomic mass is 28.4. The average molecular weight is 665 g/mol. The number of hydrogen-bond acceptors (Lipinski definition) is 4. The zero-order valence-electron chi connectivity index (χ0n) is 28.7. The van der Waals surface area contributed by atoms with E-state index < -0.39 is 19.9 Å².